The van der Waals surface area contributed by atoms with E-state index in [1.54, 1.807) is 7.11 Å². The molecule has 25 heavy (non-hydrogen) atoms. The van der Waals surface area contributed by atoms with E-state index in [2.05, 4.69) is 10.6 Å². The van der Waals surface area contributed by atoms with Crippen LogP contribution in [0.1, 0.15) is 43.6 Å². The molecule has 2 atom stereocenters. The molecule has 1 aromatic heterocycles. The standard InChI is InChI=1S/C20H26N2O3/c1-12-15-10-14(24-3)4-5-17(15)25-18(12)13(2)22-19(23)16-11-20(16)6-8-21-9-7-20/h4-5,10,13,16,21H,6-9,11H2,1-3H3,(H,22,23). The third kappa shape index (κ3) is 2.80. The lowest BCUT2D eigenvalue weighted by Gasteiger charge is -2.23. The number of methoxy groups -OCH3 is 1. The summed E-state index contributed by atoms with van der Waals surface area (Å²) in [6, 6.07) is 5.66. The van der Waals surface area contributed by atoms with Crippen molar-refractivity contribution in [2.24, 2.45) is 11.3 Å². The van der Waals surface area contributed by atoms with Gasteiger partial charge in [0.05, 0.1) is 13.2 Å². The molecule has 1 aliphatic heterocycles. The molecule has 0 bridgehead atoms. The number of benzene rings is 1. The van der Waals surface area contributed by atoms with Crippen LogP contribution in [0.3, 0.4) is 0 Å². The van der Waals surface area contributed by atoms with E-state index in [1.165, 1.54) is 0 Å². The van der Waals surface area contributed by atoms with Crippen LogP contribution in [0, 0.1) is 18.3 Å². The zero-order valence-electron chi connectivity index (χ0n) is 15.1. The van der Waals surface area contributed by atoms with Crippen LogP contribution in [-0.4, -0.2) is 26.1 Å². The Morgan fingerprint density at radius 1 is 1.40 bits per heavy atom. The van der Waals surface area contributed by atoms with Gasteiger partial charge in [-0.2, -0.15) is 0 Å². The number of carbonyl (C=O) groups excluding carboxylic acids is 1. The maximum absolute atomic E-state index is 12.7. The van der Waals surface area contributed by atoms with Crippen LogP contribution >= 0.6 is 0 Å². The van der Waals surface area contributed by atoms with Crippen molar-refractivity contribution in [3.63, 3.8) is 0 Å². The lowest BCUT2D eigenvalue weighted by atomic mass is 9.91. The Morgan fingerprint density at radius 3 is 2.88 bits per heavy atom. The van der Waals surface area contributed by atoms with Crippen LogP contribution in [-0.2, 0) is 4.79 Å². The van der Waals surface area contributed by atoms with Crippen molar-refractivity contribution in [1.29, 1.82) is 0 Å². The quantitative estimate of drug-likeness (QED) is 0.895. The molecule has 0 radical (unpaired) electrons. The molecular formula is C20H26N2O3. The van der Waals surface area contributed by atoms with Gasteiger partial charge in [0.25, 0.3) is 0 Å². The Morgan fingerprint density at radius 2 is 2.16 bits per heavy atom. The van der Waals surface area contributed by atoms with E-state index >= 15 is 0 Å². The molecule has 2 aromatic rings. The zero-order valence-corrected chi connectivity index (χ0v) is 15.1. The fourth-order valence-electron chi connectivity index (χ4n) is 4.33. The number of hydrogen-bond donors (Lipinski definition) is 2. The Labute approximate surface area is 148 Å². The number of piperidine rings is 1. The van der Waals surface area contributed by atoms with E-state index in [0.717, 1.165) is 60.4 Å². The van der Waals surface area contributed by atoms with Crippen molar-refractivity contribution in [3.8, 4) is 5.75 Å². The fourth-order valence-corrected chi connectivity index (χ4v) is 4.33. The van der Waals surface area contributed by atoms with Crippen molar-refractivity contribution < 1.29 is 13.9 Å². The Bertz CT molecular complexity index is 805. The number of carbonyl (C=O) groups is 1. The van der Waals surface area contributed by atoms with Crippen LogP contribution in [0.2, 0.25) is 0 Å². The number of ether oxygens (including phenoxy) is 1. The normalized spacial score (nSPS) is 22.8. The van der Waals surface area contributed by atoms with Gasteiger partial charge in [-0.05, 0) is 69.8 Å². The molecule has 134 valence electrons. The molecule has 1 saturated heterocycles. The number of nitrogens with one attached hydrogen (secondary N) is 2. The SMILES string of the molecule is COc1ccc2oc(C(C)NC(=O)C3CC34CCNCC4)c(C)c2c1. The summed E-state index contributed by atoms with van der Waals surface area (Å²) >= 11 is 0. The molecule has 5 nitrogen and oxygen atoms in total. The molecule has 1 aliphatic carbocycles. The summed E-state index contributed by atoms with van der Waals surface area (Å²) in [6.45, 7) is 6.10. The summed E-state index contributed by atoms with van der Waals surface area (Å²) in [7, 11) is 1.66. The minimum Gasteiger partial charge on any atom is -0.497 e. The highest BCUT2D eigenvalue weighted by molar-refractivity contribution is 5.85. The van der Waals surface area contributed by atoms with Crippen LogP contribution in [0.4, 0.5) is 0 Å². The van der Waals surface area contributed by atoms with Crippen LogP contribution in [0.25, 0.3) is 11.0 Å². The molecule has 5 heteroatoms. The van der Waals surface area contributed by atoms with Gasteiger partial charge in [0.2, 0.25) is 5.91 Å². The van der Waals surface area contributed by atoms with E-state index in [9.17, 15) is 4.79 Å². The smallest absolute Gasteiger partial charge is 0.224 e. The maximum atomic E-state index is 12.7. The summed E-state index contributed by atoms with van der Waals surface area (Å²) in [5, 5.41) is 7.60. The lowest BCUT2D eigenvalue weighted by Crippen LogP contribution is -2.34. The zero-order chi connectivity index (χ0) is 17.6. The second kappa shape index (κ2) is 6.06. The van der Waals surface area contributed by atoms with Crippen molar-refractivity contribution in [3.05, 3.63) is 29.5 Å². The van der Waals surface area contributed by atoms with Gasteiger partial charge < -0.3 is 19.8 Å². The van der Waals surface area contributed by atoms with E-state index in [1.807, 2.05) is 32.0 Å². The van der Waals surface area contributed by atoms with Gasteiger partial charge in [0.1, 0.15) is 17.1 Å². The largest absolute Gasteiger partial charge is 0.497 e. The van der Waals surface area contributed by atoms with Crippen molar-refractivity contribution in [2.45, 2.75) is 39.2 Å². The number of amides is 1. The number of hydrogen-bond acceptors (Lipinski definition) is 4. The number of rotatable bonds is 4. The monoisotopic (exact) mass is 342 g/mol. The number of aryl methyl sites for hydroxylation is 1. The second-order valence-corrected chi connectivity index (χ2v) is 7.55. The molecular weight excluding hydrogens is 316 g/mol. The third-order valence-corrected chi connectivity index (χ3v) is 6.04. The minimum absolute atomic E-state index is 0.134. The first-order valence-electron chi connectivity index (χ1n) is 9.12. The summed E-state index contributed by atoms with van der Waals surface area (Å²) in [6.07, 6.45) is 3.26. The average Bonchev–Trinajstić information content (AvgIpc) is 3.21. The third-order valence-electron chi connectivity index (χ3n) is 6.04. The van der Waals surface area contributed by atoms with Gasteiger partial charge in [0.15, 0.2) is 0 Å². The van der Waals surface area contributed by atoms with Gasteiger partial charge in [-0.3, -0.25) is 4.79 Å². The van der Waals surface area contributed by atoms with Crippen LogP contribution in [0.15, 0.2) is 22.6 Å². The van der Waals surface area contributed by atoms with Crippen LogP contribution < -0.4 is 15.4 Å². The Hall–Kier alpha value is -2.01. The highest BCUT2D eigenvalue weighted by Gasteiger charge is 2.57. The molecule has 1 amide bonds. The summed E-state index contributed by atoms with van der Waals surface area (Å²) in [4.78, 5) is 12.7. The van der Waals surface area contributed by atoms with Crippen molar-refractivity contribution in [2.75, 3.05) is 20.2 Å². The second-order valence-electron chi connectivity index (χ2n) is 7.55. The molecule has 1 saturated carbocycles. The van der Waals surface area contributed by atoms with E-state index < -0.39 is 0 Å². The van der Waals surface area contributed by atoms with E-state index in [0.29, 0.717) is 0 Å². The number of furan rings is 1. The first-order valence-corrected chi connectivity index (χ1v) is 9.12. The predicted octanol–water partition coefficient (Wildman–Crippen LogP) is 3.32. The molecule has 1 spiro atoms. The first-order chi connectivity index (χ1) is 12.0. The summed E-state index contributed by atoms with van der Waals surface area (Å²) < 4.78 is 11.3. The Balaban J connectivity index is 1.49. The molecule has 2 aliphatic rings. The summed E-state index contributed by atoms with van der Waals surface area (Å²) in [5.74, 6) is 1.98. The molecule has 2 heterocycles. The maximum Gasteiger partial charge on any atom is 0.224 e. The first kappa shape index (κ1) is 16.5. The van der Waals surface area contributed by atoms with Gasteiger partial charge >= 0.3 is 0 Å². The molecule has 2 N–H and O–H groups in total. The predicted molar refractivity (Wildman–Crippen MR) is 96.7 cm³/mol. The molecule has 2 fully saturated rings. The van der Waals surface area contributed by atoms with Gasteiger partial charge in [-0.25, -0.2) is 0 Å². The molecule has 1 aromatic carbocycles. The van der Waals surface area contributed by atoms with Gasteiger partial charge in [0, 0.05) is 16.9 Å². The highest BCUT2D eigenvalue weighted by atomic mass is 16.5. The molecule has 2 unspecified atom stereocenters. The number of fused-ring (bicyclic) bond motifs is 1. The lowest BCUT2D eigenvalue weighted by molar-refractivity contribution is -0.124. The van der Waals surface area contributed by atoms with Gasteiger partial charge in [-0.15, -0.1) is 0 Å². The topological polar surface area (TPSA) is 63.5 Å². The highest BCUT2D eigenvalue weighted by Crippen LogP contribution is 2.58. The average molecular weight is 342 g/mol. The van der Waals surface area contributed by atoms with Gasteiger partial charge in [-0.1, -0.05) is 0 Å². The fraction of sp³-hybridized carbons (Fsp3) is 0.550. The van der Waals surface area contributed by atoms with E-state index in [-0.39, 0.29) is 23.3 Å². The summed E-state index contributed by atoms with van der Waals surface area (Å²) in [5.41, 5.74) is 2.15. The Kier molecular flexibility index (Phi) is 3.99. The van der Waals surface area contributed by atoms with Crippen molar-refractivity contribution >= 4 is 16.9 Å². The van der Waals surface area contributed by atoms with Crippen molar-refractivity contribution in [1.82, 2.24) is 10.6 Å². The van der Waals surface area contributed by atoms with Crippen LogP contribution in [0.5, 0.6) is 5.75 Å². The molecule has 4 rings (SSSR count). The minimum atomic E-state index is -0.134. The van der Waals surface area contributed by atoms with E-state index in [4.69, 9.17) is 9.15 Å².